The normalized spacial score (nSPS) is 24.1. The molecule has 0 atom stereocenters. The predicted molar refractivity (Wildman–Crippen MR) is 104 cm³/mol. The molecule has 1 saturated carbocycles. The molecule has 1 aliphatic heterocycles. The molecule has 2 aliphatic rings. The van der Waals surface area contributed by atoms with E-state index < -0.39 is 23.4 Å². The van der Waals surface area contributed by atoms with Gasteiger partial charge in [-0.3, -0.25) is 9.59 Å². The molecule has 1 aromatic carbocycles. The summed E-state index contributed by atoms with van der Waals surface area (Å²) in [6, 6.07) is 6.27. The van der Waals surface area contributed by atoms with Crippen LogP contribution in [0.2, 0.25) is 5.02 Å². The highest BCUT2D eigenvalue weighted by Crippen LogP contribution is 2.35. The van der Waals surface area contributed by atoms with Gasteiger partial charge < -0.3 is 5.32 Å². The first-order valence-corrected chi connectivity index (χ1v) is 9.84. The van der Waals surface area contributed by atoms with Crippen molar-refractivity contribution in [3.05, 3.63) is 40.9 Å². The average Bonchev–Trinajstić information content (AvgIpc) is 3.18. The molecule has 1 aromatic heterocycles. The van der Waals surface area contributed by atoms with E-state index in [1.807, 2.05) is 0 Å². The maximum Gasteiger partial charge on any atom is 0.344 e. The fraction of sp³-hybridized carbons (Fsp3) is 0.421. The molecule has 2 heterocycles. The van der Waals surface area contributed by atoms with E-state index in [0.29, 0.717) is 35.3 Å². The number of hydrogen-bond donors (Lipinski definition) is 2. The number of nitrogens with one attached hydrogen (secondary N) is 2. The van der Waals surface area contributed by atoms with Crippen LogP contribution in [0.4, 0.5) is 4.79 Å². The lowest BCUT2D eigenvalue weighted by atomic mass is 9.77. The van der Waals surface area contributed by atoms with Gasteiger partial charge in [0.25, 0.3) is 5.91 Å². The van der Waals surface area contributed by atoms with Crippen molar-refractivity contribution in [3.8, 4) is 5.69 Å². The van der Waals surface area contributed by atoms with Crippen LogP contribution in [0.5, 0.6) is 0 Å². The second-order valence-electron chi connectivity index (χ2n) is 7.65. The van der Waals surface area contributed by atoms with Crippen molar-refractivity contribution in [3.63, 3.8) is 0 Å². The van der Waals surface area contributed by atoms with Crippen LogP contribution in [0, 0.1) is 12.8 Å². The molecule has 4 rings (SSSR count). The Labute approximate surface area is 172 Å². The summed E-state index contributed by atoms with van der Waals surface area (Å²) in [5, 5.41) is 8.28. The highest BCUT2D eigenvalue weighted by molar-refractivity contribution is 6.30. The summed E-state index contributed by atoms with van der Waals surface area (Å²) in [7, 11) is 0. The van der Waals surface area contributed by atoms with Gasteiger partial charge in [0.2, 0.25) is 5.82 Å². The van der Waals surface area contributed by atoms with E-state index in [1.54, 1.807) is 31.2 Å². The molecule has 152 valence electrons. The number of aryl methyl sites for hydroxylation is 1. The van der Waals surface area contributed by atoms with E-state index in [2.05, 4.69) is 27.7 Å². The molecular formula is C19H21ClN6O3. The first-order valence-electron chi connectivity index (χ1n) is 9.46. The Morgan fingerprint density at radius 2 is 1.90 bits per heavy atom. The number of imide groups is 1. The number of hydrogen-bond acceptors (Lipinski definition) is 5. The zero-order chi connectivity index (χ0) is 20.8. The van der Waals surface area contributed by atoms with E-state index in [1.165, 1.54) is 4.68 Å². The smallest absolute Gasteiger partial charge is 0.322 e. The van der Waals surface area contributed by atoms with E-state index in [4.69, 9.17) is 11.6 Å². The van der Waals surface area contributed by atoms with E-state index in [9.17, 15) is 14.4 Å². The van der Waals surface area contributed by atoms with Gasteiger partial charge in [-0.2, -0.15) is 5.01 Å². The molecule has 4 amide bonds. The van der Waals surface area contributed by atoms with Gasteiger partial charge in [-0.05, 0) is 62.8 Å². The second kappa shape index (κ2) is 7.14. The molecule has 29 heavy (non-hydrogen) atoms. The van der Waals surface area contributed by atoms with Crippen LogP contribution < -0.4 is 10.7 Å². The molecule has 10 heteroatoms. The maximum absolute atomic E-state index is 12.9. The molecule has 1 saturated heterocycles. The predicted octanol–water partition coefficient (Wildman–Crippen LogP) is 2.37. The first kappa shape index (κ1) is 19.4. The fourth-order valence-electron chi connectivity index (χ4n) is 3.78. The highest BCUT2D eigenvalue weighted by atomic mass is 35.5. The number of aromatic nitrogens is 3. The summed E-state index contributed by atoms with van der Waals surface area (Å²) in [5.74, 6) is -0.316. The van der Waals surface area contributed by atoms with Crippen LogP contribution in [0.15, 0.2) is 24.3 Å². The second-order valence-corrected chi connectivity index (χ2v) is 8.08. The minimum absolute atomic E-state index is 0.142. The van der Waals surface area contributed by atoms with Crippen LogP contribution in [-0.4, -0.2) is 43.2 Å². The van der Waals surface area contributed by atoms with Crippen molar-refractivity contribution in [1.82, 2.24) is 30.5 Å². The van der Waals surface area contributed by atoms with E-state index in [0.717, 1.165) is 17.9 Å². The van der Waals surface area contributed by atoms with Gasteiger partial charge in [-0.1, -0.05) is 18.5 Å². The number of nitrogens with zero attached hydrogens (tertiary/aromatic N) is 4. The summed E-state index contributed by atoms with van der Waals surface area (Å²) in [6.45, 7) is 3.82. The molecule has 0 radical (unpaired) electrons. The van der Waals surface area contributed by atoms with Gasteiger partial charge in [0, 0.05) is 5.02 Å². The number of urea groups is 1. The lowest BCUT2D eigenvalue weighted by Gasteiger charge is -2.33. The molecule has 0 bridgehead atoms. The SMILES string of the molecule is Cc1nc(C(=O)NN2C(=O)NC3(CCC(C)CC3)C2=O)nn1-c1ccc(Cl)cc1. The van der Waals surface area contributed by atoms with Crippen molar-refractivity contribution >= 4 is 29.4 Å². The molecular weight excluding hydrogens is 396 g/mol. The maximum atomic E-state index is 12.9. The third-order valence-electron chi connectivity index (χ3n) is 5.55. The molecule has 9 nitrogen and oxygen atoms in total. The minimum atomic E-state index is -0.928. The minimum Gasteiger partial charge on any atom is -0.322 e. The van der Waals surface area contributed by atoms with Crippen molar-refractivity contribution in [2.75, 3.05) is 0 Å². The third kappa shape index (κ3) is 3.46. The Kier molecular flexibility index (Phi) is 4.77. The van der Waals surface area contributed by atoms with Crippen molar-refractivity contribution in [2.24, 2.45) is 5.92 Å². The van der Waals surface area contributed by atoms with Gasteiger partial charge in [0.05, 0.1) is 5.69 Å². The fourth-order valence-corrected chi connectivity index (χ4v) is 3.91. The highest BCUT2D eigenvalue weighted by Gasteiger charge is 2.53. The van der Waals surface area contributed by atoms with Gasteiger partial charge >= 0.3 is 11.9 Å². The number of carbonyl (C=O) groups is 3. The molecule has 0 unspecified atom stereocenters. The van der Waals surface area contributed by atoms with Crippen LogP contribution in [0.3, 0.4) is 0 Å². The largest absolute Gasteiger partial charge is 0.344 e. The summed E-state index contributed by atoms with van der Waals surface area (Å²) in [4.78, 5) is 42.0. The van der Waals surface area contributed by atoms with Gasteiger partial charge in [-0.15, -0.1) is 5.10 Å². The van der Waals surface area contributed by atoms with Crippen molar-refractivity contribution in [2.45, 2.75) is 45.1 Å². The number of halogens is 1. The lowest BCUT2D eigenvalue weighted by molar-refractivity contribution is -0.134. The zero-order valence-corrected chi connectivity index (χ0v) is 16.9. The molecule has 2 fully saturated rings. The molecule has 1 spiro atoms. The summed E-state index contributed by atoms with van der Waals surface area (Å²) < 4.78 is 1.49. The van der Waals surface area contributed by atoms with Crippen LogP contribution >= 0.6 is 11.6 Å². The van der Waals surface area contributed by atoms with Crippen molar-refractivity contribution in [1.29, 1.82) is 0 Å². The van der Waals surface area contributed by atoms with Gasteiger partial charge in [-0.25, -0.2) is 19.9 Å². The monoisotopic (exact) mass is 416 g/mol. The number of rotatable bonds is 3. The lowest BCUT2D eigenvalue weighted by Crippen LogP contribution is -2.51. The van der Waals surface area contributed by atoms with E-state index in [-0.39, 0.29) is 5.82 Å². The topological polar surface area (TPSA) is 109 Å². The standard InChI is InChI=1S/C19H21ClN6O3/c1-11-7-9-19(10-8-11)17(28)26(18(29)22-19)24-16(27)15-21-12(2)25(23-15)14-5-3-13(20)4-6-14/h3-6,11H,7-10H2,1-2H3,(H,22,29)(H,24,27). The van der Waals surface area contributed by atoms with Crippen LogP contribution in [-0.2, 0) is 4.79 Å². The Hall–Kier alpha value is -2.94. The Morgan fingerprint density at radius 3 is 2.55 bits per heavy atom. The quantitative estimate of drug-likeness (QED) is 0.746. The van der Waals surface area contributed by atoms with Gasteiger partial charge in [0.1, 0.15) is 11.4 Å². The van der Waals surface area contributed by atoms with E-state index >= 15 is 0 Å². The molecule has 1 aliphatic carbocycles. The average molecular weight is 417 g/mol. The Balaban J connectivity index is 1.51. The first-order chi connectivity index (χ1) is 13.8. The number of benzene rings is 1. The molecule has 2 N–H and O–H groups in total. The molecule has 2 aromatic rings. The Bertz CT molecular complexity index is 978. The van der Waals surface area contributed by atoms with Crippen LogP contribution in [0.25, 0.3) is 5.69 Å². The zero-order valence-electron chi connectivity index (χ0n) is 16.1. The van der Waals surface area contributed by atoms with Crippen LogP contribution in [0.1, 0.15) is 49.1 Å². The summed E-state index contributed by atoms with van der Waals surface area (Å²) >= 11 is 5.90. The Morgan fingerprint density at radius 1 is 1.24 bits per heavy atom. The summed E-state index contributed by atoms with van der Waals surface area (Å²) in [6.07, 6.45) is 2.82. The summed E-state index contributed by atoms with van der Waals surface area (Å²) in [5.41, 5.74) is 2.11. The number of amides is 4. The number of hydrazine groups is 1. The van der Waals surface area contributed by atoms with Gasteiger partial charge in [0.15, 0.2) is 0 Å². The third-order valence-corrected chi connectivity index (χ3v) is 5.80. The van der Waals surface area contributed by atoms with Crippen molar-refractivity contribution < 1.29 is 14.4 Å². The number of carbonyl (C=O) groups excluding carboxylic acids is 3.